The molecule has 1 aliphatic heterocycles. The highest BCUT2D eigenvalue weighted by Crippen LogP contribution is 2.24. The van der Waals surface area contributed by atoms with Crippen LogP contribution in [0.5, 0.6) is 0 Å². The SMILES string of the molecule is CCc1ccccc1NC(=O)N(C)CC1CCN(c2ccccc2)C1. The van der Waals surface area contributed by atoms with Gasteiger partial charge in [-0.25, -0.2) is 4.79 Å². The highest BCUT2D eigenvalue weighted by molar-refractivity contribution is 5.90. The van der Waals surface area contributed by atoms with Crippen molar-refractivity contribution in [1.29, 1.82) is 0 Å². The number of hydrogen-bond acceptors (Lipinski definition) is 2. The Morgan fingerprint density at radius 1 is 1.16 bits per heavy atom. The molecule has 1 fully saturated rings. The van der Waals surface area contributed by atoms with Gasteiger partial charge in [-0.3, -0.25) is 0 Å². The van der Waals surface area contributed by atoms with E-state index in [0.29, 0.717) is 5.92 Å². The van der Waals surface area contributed by atoms with Crippen LogP contribution in [-0.2, 0) is 6.42 Å². The van der Waals surface area contributed by atoms with E-state index in [1.54, 1.807) is 0 Å². The van der Waals surface area contributed by atoms with Gasteiger partial charge >= 0.3 is 6.03 Å². The molecule has 0 bridgehead atoms. The molecule has 0 radical (unpaired) electrons. The number of amides is 2. The molecule has 0 aliphatic carbocycles. The highest BCUT2D eigenvalue weighted by Gasteiger charge is 2.25. The van der Waals surface area contributed by atoms with Gasteiger partial charge in [-0.1, -0.05) is 43.3 Å². The zero-order chi connectivity index (χ0) is 17.6. The first kappa shape index (κ1) is 17.3. The molecule has 0 spiro atoms. The molecule has 1 heterocycles. The van der Waals surface area contributed by atoms with Crippen LogP contribution < -0.4 is 10.2 Å². The first-order valence-electron chi connectivity index (χ1n) is 9.07. The Labute approximate surface area is 150 Å². The topological polar surface area (TPSA) is 35.6 Å². The third-order valence-corrected chi connectivity index (χ3v) is 4.93. The fourth-order valence-corrected chi connectivity index (χ4v) is 3.49. The quantitative estimate of drug-likeness (QED) is 0.886. The van der Waals surface area contributed by atoms with Crippen molar-refractivity contribution in [3.05, 3.63) is 60.2 Å². The van der Waals surface area contributed by atoms with Crippen molar-refractivity contribution in [2.75, 3.05) is 36.9 Å². The van der Waals surface area contributed by atoms with Crippen LogP contribution in [0.2, 0.25) is 0 Å². The predicted molar refractivity (Wildman–Crippen MR) is 104 cm³/mol. The van der Waals surface area contributed by atoms with Gasteiger partial charge in [-0.05, 0) is 42.5 Å². The van der Waals surface area contributed by atoms with Crippen LogP contribution in [0.15, 0.2) is 54.6 Å². The molecule has 0 aromatic heterocycles. The highest BCUT2D eigenvalue weighted by atomic mass is 16.2. The van der Waals surface area contributed by atoms with Crippen molar-refractivity contribution in [2.45, 2.75) is 19.8 Å². The molecule has 4 nitrogen and oxygen atoms in total. The van der Waals surface area contributed by atoms with Crippen molar-refractivity contribution >= 4 is 17.4 Å². The lowest BCUT2D eigenvalue weighted by atomic mass is 10.1. The van der Waals surface area contributed by atoms with Crippen molar-refractivity contribution in [3.8, 4) is 0 Å². The van der Waals surface area contributed by atoms with E-state index in [1.165, 1.54) is 11.3 Å². The number of nitrogens with one attached hydrogen (secondary N) is 1. The van der Waals surface area contributed by atoms with Gasteiger partial charge in [-0.15, -0.1) is 0 Å². The van der Waals surface area contributed by atoms with Gasteiger partial charge in [0.15, 0.2) is 0 Å². The summed E-state index contributed by atoms with van der Waals surface area (Å²) in [5.41, 5.74) is 3.36. The molecule has 1 aliphatic rings. The zero-order valence-corrected chi connectivity index (χ0v) is 15.1. The lowest BCUT2D eigenvalue weighted by Gasteiger charge is -2.23. The monoisotopic (exact) mass is 337 g/mol. The smallest absolute Gasteiger partial charge is 0.321 e. The maximum Gasteiger partial charge on any atom is 0.321 e. The molecule has 0 saturated carbocycles. The van der Waals surface area contributed by atoms with Gasteiger partial charge in [-0.2, -0.15) is 0 Å². The molecule has 132 valence electrons. The lowest BCUT2D eigenvalue weighted by Crippen LogP contribution is -2.36. The van der Waals surface area contributed by atoms with Crippen molar-refractivity contribution in [3.63, 3.8) is 0 Å². The second kappa shape index (κ2) is 8.06. The number of benzene rings is 2. The van der Waals surface area contributed by atoms with Crippen molar-refractivity contribution < 1.29 is 4.79 Å². The second-order valence-corrected chi connectivity index (χ2v) is 6.76. The summed E-state index contributed by atoms with van der Waals surface area (Å²) in [6, 6.07) is 18.5. The number of hydrogen-bond donors (Lipinski definition) is 1. The van der Waals surface area contributed by atoms with Crippen LogP contribution in [0.25, 0.3) is 0 Å². The number of anilines is 2. The standard InChI is InChI=1S/C21H27N3O/c1-3-18-9-7-8-12-20(18)22-21(25)23(2)15-17-13-14-24(16-17)19-10-5-4-6-11-19/h4-12,17H,3,13-16H2,1-2H3,(H,22,25). The van der Waals surface area contributed by atoms with Crippen molar-refractivity contribution in [1.82, 2.24) is 4.90 Å². The minimum Gasteiger partial charge on any atom is -0.371 e. The Kier molecular flexibility index (Phi) is 5.59. The normalized spacial score (nSPS) is 16.7. The van der Waals surface area contributed by atoms with E-state index in [4.69, 9.17) is 0 Å². The molecule has 1 unspecified atom stereocenters. The van der Waals surface area contributed by atoms with Crippen LogP contribution in [0.3, 0.4) is 0 Å². The first-order valence-corrected chi connectivity index (χ1v) is 9.07. The Bertz CT molecular complexity index is 701. The van der Waals surface area contributed by atoms with Crippen LogP contribution in [0, 0.1) is 5.92 Å². The molecular weight excluding hydrogens is 310 g/mol. The molecule has 1 N–H and O–H groups in total. The van der Waals surface area contributed by atoms with E-state index in [2.05, 4.69) is 47.5 Å². The summed E-state index contributed by atoms with van der Waals surface area (Å²) in [5.74, 6) is 0.511. The average Bonchev–Trinajstić information content (AvgIpc) is 3.11. The summed E-state index contributed by atoms with van der Waals surface area (Å²) in [4.78, 5) is 16.7. The fraction of sp³-hybridized carbons (Fsp3) is 0.381. The van der Waals surface area contributed by atoms with E-state index >= 15 is 0 Å². The zero-order valence-electron chi connectivity index (χ0n) is 15.1. The van der Waals surface area contributed by atoms with Gasteiger partial charge in [0.25, 0.3) is 0 Å². The largest absolute Gasteiger partial charge is 0.371 e. The Morgan fingerprint density at radius 3 is 2.64 bits per heavy atom. The number of rotatable bonds is 5. The minimum absolute atomic E-state index is 0.0286. The van der Waals surface area contributed by atoms with Gasteiger partial charge < -0.3 is 15.1 Å². The number of nitrogens with zero attached hydrogens (tertiary/aromatic N) is 2. The second-order valence-electron chi connectivity index (χ2n) is 6.76. The Balaban J connectivity index is 1.54. The van der Waals surface area contributed by atoms with Crippen LogP contribution in [-0.4, -0.2) is 37.6 Å². The van der Waals surface area contributed by atoms with Crippen molar-refractivity contribution in [2.24, 2.45) is 5.92 Å². The summed E-state index contributed by atoms with van der Waals surface area (Å²) < 4.78 is 0. The molecule has 25 heavy (non-hydrogen) atoms. The summed E-state index contributed by atoms with van der Waals surface area (Å²) >= 11 is 0. The number of carbonyl (C=O) groups is 1. The van der Waals surface area contributed by atoms with E-state index < -0.39 is 0 Å². The minimum atomic E-state index is -0.0286. The molecule has 2 amide bonds. The molecule has 1 atom stereocenters. The molecule has 2 aromatic carbocycles. The predicted octanol–water partition coefficient (Wildman–Crippen LogP) is 4.24. The number of aryl methyl sites for hydroxylation is 1. The maximum absolute atomic E-state index is 12.5. The van der Waals surface area contributed by atoms with Gasteiger partial charge in [0.2, 0.25) is 0 Å². The Hall–Kier alpha value is -2.49. The summed E-state index contributed by atoms with van der Waals surface area (Å²) in [5, 5.41) is 3.05. The molecular formula is C21H27N3O. The molecule has 3 rings (SSSR count). The maximum atomic E-state index is 12.5. The summed E-state index contributed by atoms with van der Waals surface area (Å²) in [6.07, 6.45) is 2.03. The molecule has 2 aromatic rings. The third kappa shape index (κ3) is 4.32. The number of urea groups is 1. The van der Waals surface area contributed by atoms with Gasteiger partial charge in [0, 0.05) is 38.1 Å². The van der Waals surface area contributed by atoms with E-state index in [-0.39, 0.29) is 6.03 Å². The molecule has 4 heteroatoms. The van der Waals surface area contributed by atoms with E-state index in [0.717, 1.165) is 38.2 Å². The first-order chi connectivity index (χ1) is 12.2. The van der Waals surface area contributed by atoms with Gasteiger partial charge in [0.05, 0.1) is 0 Å². The molecule has 1 saturated heterocycles. The fourth-order valence-electron chi connectivity index (χ4n) is 3.49. The summed E-state index contributed by atoms with van der Waals surface area (Å²) in [6.45, 7) is 4.95. The summed E-state index contributed by atoms with van der Waals surface area (Å²) in [7, 11) is 1.88. The van der Waals surface area contributed by atoms with E-state index in [9.17, 15) is 4.79 Å². The van der Waals surface area contributed by atoms with Gasteiger partial charge in [0.1, 0.15) is 0 Å². The number of para-hydroxylation sites is 2. The average molecular weight is 337 g/mol. The van der Waals surface area contributed by atoms with E-state index in [1.807, 2.05) is 36.2 Å². The lowest BCUT2D eigenvalue weighted by molar-refractivity contribution is 0.215. The van der Waals surface area contributed by atoms with Crippen LogP contribution in [0.4, 0.5) is 16.2 Å². The van der Waals surface area contributed by atoms with Crippen LogP contribution >= 0.6 is 0 Å². The Morgan fingerprint density at radius 2 is 1.88 bits per heavy atom. The number of carbonyl (C=O) groups excluding carboxylic acids is 1. The third-order valence-electron chi connectivity index (χ3n) is 4.93. The van der Waals surface area contributed by atoms with Crippen LogP contribution in [0.1, 0.15) is 18.9 Å².